The molecule has 2 aromatic rings. The van der Waals surface area contributed by atoms with Gasteiger partial charge in [0.15, 0.2) is 12.4 Å². The number of ether oxygens (including phenoxy) is 2. The highest BCUT2D eigenvalue weighted by atomic mass is 35.5. The molecule has 30 heavy (non-hydrogen) atoms. The van der Waals surface area contributed by atoms with Crippen molar-refractivity contribution < 1.29 is 27.5 Å². The number of hydrogen-bond acceptors (Lipinski definition) is 6. The van der Waals surface area contributed by atoms with Gasteiger partial charge in [0.1, 0.15) is 10.6 Å². The molecule has 1 aliphatic carbocycles. The Kier molecular flexibility index (Phi) is 7.12. The summed E-state index contributed by atoms with van der Waals surface area (Å²) in [5.74, 6) is -1.09. The highest BCUT2D eigenvalue weighted by molar-refractivity contribution is 7.89. The predicted octanol–water partition coefficient (Wildman–Crippen LogP) is 3.61. The van der Waals surface area contributed by atoms with Crippen LogP contribution in [0.25, 0.3) is 0 Å². The molecule has 1 N–H and O–H groups in total. The van der Waals surface area contributed by atoms with E-state index in [9.17, 15) is 18.0 Å². The molecule has 0 saturated heterocycles. The Labute approximate surface area is 180 Å². The highest BCUT2D eigenvalue weighted by Crippen LogP contribution is 2.27. The summed E-state index contributed by atoms with van der Waals surface area (Å²) in [5.41, 5.74) is 0.359. The molecule has 160 valence electrons. The van der Waals surface area contributed by atoms with Crippen LogP contribution in [0.1, 0.15) is 46.4 Å². The quantitative estimate of drug-likeness (QED) is 0.486. The van der Waals surface area contributed by atoms with Crippen LogP contribution in [0.5, 0.6) is 5.75 Å². The van der Waals surface area contributed by atoms with Crippen molar-refractivity contribution in [1.82, 2.24) is 4.72 Å². The van der Waals surface area contributed by atoms with Crippen LogP contribution in [0.2, 0.25) is 5.02 Å². The normalized spacial score (nSPS) is 14.5. The maximum Gasteiger partial charge on any atom is 0.338 e. The van der Waals surface area contributed by atoms with Crippen LogP contribution in [0.4, 0.5) is 0 Å². The minimum Gasteiger partial charge on any atom is -0.495 e. The Morgan fingerprint density at radius 3 is 2.33 bits per heavy atom. The Bertz CT molecular complexity index is 1030. The van der Waals surface area contributed by atoms with Gasteiger partial charge in [0, 0.05) is 16.6 Å². The van der Waals surface area contributed by atoms with Gasteiger partial charge in [0.2, 0.25) is 10.0 Å². The SMILES string of the molecule is COc1ccc(C(=O)OCC(=O)c2ccc(Cl)cc2)cc1S(=O)(=O)NC1CCCC1. The molecule has 0 unspecified atom stereocenters. The van der Waals surface area contributed by atoms with E-state index in [2.05, 4.69) is 4.72 Å². The van der Waals surface area contributed by atoms with Crippen LogP contribution < -0.4 is 9.46 Å². The van der Waals surface area contributed by atoms with Crippen molar-refractivity contribution in [3.05, 3.63) is 58.6 Å². The van der Waals surface area contributed by atoms with E-state index in [1.165, 1.54) is 37.4 Å². The molecule has 0 heterocycles. The first-order chi connectivity index (χ1) is 14.3. The Balaban J connectivity index is 1.73. The minimum absolute atomic E-state index is 0.00602. The first-order valence-electron chi connectivity index (χ1n) is 9.46. The first-order valence-corrected chi connectivity index (χ1v) is 11.3. The van der Waals surface area contributed by atoms with Gasteiger partial charge in [-0.05, 0) is 55.3 Å². The number of Topliss-reactive ketones (excluding diaryl/α,β-unsaturated/α-hetero) is 1. The van der Waals surface area contributed by atoms with E-state index in [0.29, 0.717) is 10.6 Å². The molecule has 0 aromatic heterocycles. The van der Waals surface area contributed by atoms with E-state index >= 15 is 0 Å². The molecule has 2 aromatic carbocycles. The summed E-state index contributed by atoms with van der Waals surface area (Å²) in [4.78, 5) is 24.4. The number of esters is 1. The molecule has 1 aliphatic rings. The van der Waals surface area contributed by atoms with Crippen molar-refractivity contribution in [2.75, 3.05) is 13.7 Å². The number of halogens is 1. The molecular weight excluding hydrogens is 430 g/mol. The third-order valence-corrected chi connectivity index (χ3v) is 6.66. The first kappa shape index (κ1) is 22.3. The Morgan fingerprint density at radius 1 is 1.07 bits per heavy atom. The molecule has 0 radical (unpaired) electrons. The number of nitrogens with one attached hydrogen (secondary N) is 1. The number of carbonyl (C=O) groups is 2. The van der Waals surface area contributed by atoms with Crippen molar-refractivity contribution >= 4 is 33.4 Å². The maximum atomic E-state index is 12.8. The summed E-state index contributed by atoms with van der Waals surface area (Å²) in [7, 11) is -2.53. The van der Waals surface area contributed by atoms with Crippen molar-refractivity contribution in [2.45, 2.75) is 36.6 Å². The van der Waals surface area contributed by atoms with Crippen LogP contribution in [0.3, 0.4) is 0 Å². The number of methoxy groups -OCH3 is 1. The summed E-state index contributed by atoms with van der Waals surface area (Å²) in [6.45, 7) is -0.477. The zero-order chi connectivity index (χ0) is 21.7. The molecule has 0 spiro atoms. The lowest BCUT2D eigenvalue weighted by Crippen LogP contribution is -2.33. The number of rotatable bonds is 8. The van der Waals surface area contributed by atoms with Gasteiger partial charge in [-0.3, -0.25) is 4.79 Å². The largest absolute Gasteiger partial charge is 0.495 e. The fourth-order valence-electron chi connectivity index (χ4n) is 3.27. The monoisotopic (exact) mass is 451 g/mol. The average molecular weight is 452 g/mol. The standard InChI is InChI=1S/C21H22ClNO6S/c1-28-19-11-8-15(12-20(19)30(26,27)23-17-4-2-3-5-17)21(25)29-13-18(24)14-6-9-16(22)10-7-14/h6-12,17,23H,2-5,13H2,1H3. The summed E-state index contributed by atoms with van der Waals surface area (Å²) >= 11 is 5.79. The summed E-state index contributed by atoms with van der Waals surface area (Å²) in [6.07, 6.45) is 3.49. The van der Waals surface area contributed by atoms with Crippen LogP contribution in [0.15, 0.2) is 47.4 Å². The Hall–Kier alpha value is -2.42. The van der Waals surface area contributed by atoms with Gasteiger partial charge in [-0.1, -0.05) is 24.4 Å². The number of carbonyl (C=O) groups excluding carboxylic acids is 2. The second-order valence-electron chi connectivity index (χ2n) is 6.97. The van der Waals surface area contributed by atoms with E-state index in [-0.39, 0.29) is 22.3 Å². The second-order valence-corrected chi connectivity index (χ2v) is 9.09. The zero-order valence-corrected chi connectivity index (χ0v) is 18.0. The molecule has 9 heteroatoms. The Morgan fingerprint density at radius 2 is 1.70 bits per heavy atom. The predicted molar refractivity (Wildman–Crippen MR) is 112 cm³/mol. The number of sulfonamides is 1. The zero-order valence-electron chi connectivity index (χ0n) is 16.4. The molecule has 0 bridgehead atoms. The summed E-state index contributed by atoms with van der Waals surface area (Å²) in [5, 5.41) is 0.488. The average Bonchev–Trinajstić information content (AvgIpc) is 3.24. The highest BCUT2D eigenvalue weighted by Gasteiger charge is 2.27. The third-order valence-electron chi connectivity index (χ3n) is 4.87. The van der Waals surface area contributed by atoms with Crippen molar-refractivity contribution in [2.24, 2.45) is 0 Å². The van der Waals surface area contributed by atoms with E-state index < -0.39 is 28.4 Å². The second kappa shape index (κ2) is 9.59. The van der Waals surface area contributed by atoms with Gasteiger partial charge < -0.3 is 9.47 Å². The van der Waals surface area contributed by atoms with E-state index in [4.69, 9.17) is 21.1 Å². The van der Waals surface area contributed by atoms with Crippen LogP contribution >= 0.6 is 11.6 Å². The fraction of sp³-hybridized carbons (Fsp3) is 0.333. The van der Waals surface area contributed by atoms with Gasteiger partial charge >= 0.3 is 5.97 Å². The number of ketones is 1. The van der Waals surface area contributed by atoms with Crippen LogP contribution in [-0.4, -0.2) is 39.9 Å². The number of benzene rings is 2. The molecule has 0 amide bonds. The van der Waals surface area contributed by atoms with Gasteiger partial charge in [-0.15, -0.1) is 0 Å². The topological polar surface area (TPSA) is 98.8 Å². The van der Waals surface area contributed by atoms with Crippen molar-refractivity contribution in [3.8, 4) is 5.75 Å². The van der Waals surface area contributed by atoms with Crippen LogP contribution in [-0.2, 0) is 14.8 Å². The lowest BCUT2D eigenvalue weighted by Gasteiger charge is -2.15. The molecular formula is C21H22ClNO6S. The third kappa shape index (κ3) is 5.38. The molecule has 0 aliphatic heterocycles. The van der Waals surface area contributed by atoms with E-state index in [1.54, 1.807) is 12.1 Å². The fourth-order valence-corrected chi connectivity index (χ4v) is 4.90. The molecule has 0 atom stereocenters. The lowest BCUT2D eigenvalue weighted by atomic mass is 10.1. The number of hydrogen-bond donors (Lipinski definition) is 1. The summed E-state index contributed by atoms with van der Waals surface area (Å²) < 4.78 is 38.5. The van der Waals surface area contributed by atoms with Gasteiger partial charge in [0.05, 0.1) is 12.7 Å². The van der Waals surface area contributed by atoms with Gasteiger partial charge in [-0.25, -0.2) is 17.9 Å². The summed E-state index contributed by atoms with van der Waals surface area (Å²) in [6, 6.07) is 10.0. The minimum atomic E-state index is -3.88. The van der Waals surface area contributed by atoms with Gasteiger partial charge in [-0.2, -0.15) is 0 Å². The van der Waals surface area contributed by atoms with Crippen molar-refractivity contribution in [3.63, 3.8) is 0 Å². The van der Waals surface area contributed by atoms with Gasteiger partial charge in [0.25, 0.3) is 0 Å². The van der Waals surface area contributed by atoms with E-state index in [1.807, 2.05) is 0 Å². The maximum absolute atomic E-state index is 12.8. The smallest absolute Gasteiger partial charge is 0.338 e. The van der Waals surface area contributed by atoms with Crippen molar-refractivity contribution in [1.29, 1.82) is 0 Å². The molecule has 1 saturated carbocycles. The molecule has 1 fully saturated rings. The van der Waals surface area contributed by atoms with Crippen LogP contribution in [0, 0.1) is 0 Å². The lowest BCUT2D eigenvalue weighted by molar-refractivity contribution is 0.0474. The molecule has 7 nitrogen and oxygen atoms in total. The molecule has 3 rings (SSSR count). The van der Waals surface area contributed by atoms with E-state index in [0.717, 1.165) is 25.7 Å².